The zero-order valence-corrected chi connectivity index (χ0v) is 13.1. The summed E-state index contributed by atoms with van der Waals surface area (Å²) < 4.78 is 0. The Morgan fingerprint density at radius 3 is 2.21 bits per heavy atom. The molecule has 1 saturated carbocycles. The van der Waals surface area contributed by atoms with Gasteiger partial charge in [-0.1, -0.05) is 6.07 Å². The average Bonchev–Trinajstić information content (AvgIpc) is 3.16. The molecule has 1 aromatic rings. The molecule has 0 aromatic heterocycles. The van der Waals surface area contributed by atoms with E-state index in [9.17, 15) is 0 Å². The van der Waals surface area contributed by atoms with Crippen LogP contribution in [0.2, 0.25) is 0 Å². The van der Waals surface area contributed by atoms with Crippen molar-refractivity contribution >= 4 is 0 Å². The molecule has 2 heteroatoms. The summed E-state index contributed by atoms with van der Waals surface area (Å²) in [4.78, 5) is 2.43. The zero-order chi connectivity index (χ0) is 14.0. The molecule has 1 aromatic carbocycles. The van der Waals surface area contributed by atoms with Gasteiger partial charge in [-0.15, -0.1) is 0 Å². The van der Waals surface area contributed by atoms with Gasteiger partial charge in [0, 0.05) is 25.7 Å². The van der Waals surface area contributed by atoms with Crippen LogP contribution in [0.3, 0.4) is 0 Å². The van der Waals surface area contributed by atoms with Gasteiger partial charge < -0.3 is 10.2 Å². The normalized spacial score (nSPS) is 15.3. The Hall–Kier alpha value is -0.860. The van der Waals surface area contributed by atoms with Gasteiger partial charge in [-0.25, -0.2) is 0 Å². The summed E-state index contributed by atoms with van der Waals surface area (Å²) in [5.74, 6) is 0. The van der Waals surface area contributed by atoms with E-state index < -0.39 is 0 Å². The quantitative estimate of drug-likeness (QED) is 0.845. The summed E-state index contributed by atoms with van der Waals surface area (Å²) in [7, 11) is 2.23. The number of nitrogens with one attached hydrogen (secondary N) is 1. The molecular formula is C17H28N2. The number of rotatable bonds is 6. The number of aryl methyl sites for hydroxylation is 2. The monoisotopic (exact) mass is 260 g/mol. The fraction of sp³-hybridized carbons (Fsp3) is 0.647. The van der Waals surface area contributed by atoms with E-state index in [2.05, 4.69) is 51.0 Å². The van der Waals surface area contributed by atoms with Gasteiger partial charge in [-0.05, 0) is 75.4 Å². The molecule has 1 N–H and O–H groups in total. The van der Waals surface area contributed by atoms with Gasteiger partial charge in [0.15, 0.2) is 0 Å². The fourth-order valence-corrected chi connectivity index (χ4v) is 2.63. The maximum absolute atomic E-state index is 3.58. The molecule has 2 rings (SSSR count). The van der Waals surface area contributed by atoms with Crippen LogP contribution in [-0.2, 0) is 6.54 Å². The van der Waals surface area contributed by atoms with E-state index in [4.69, 9.17) is 0 Å². The summed E-state index contributed by atoms with van der Waals surface area (Å²) in [5, 5.41) is 3.58. The Bertz CT molecular complexity index is 421. The average molecular weight is 260 g/mol. The number of benzene rings is 1. The number of hydrogen-bond acceptors (Lipinski definition) is 2. The molecule has 0 amide bonds. The van der Waals surface area contributed by atoms with Gasteiger partial charge in [0.05, 0.1) is 0 Å². The SMILES string of the molecule is Cc1cc(C)c(C)c(CN(C)CCNC2CC2)c1C. The molecule has 0 saturated heterocycles. The van der Waals surface area contributed by atoms with Crippen molar-refractivity contribution in [3.8, 4) is 0 Å². The molecule has 0 heterocycles. The Kier molecular flexibility index (Phi) is 4.64. The smallest absolute Gasteiger partial charge is 0.0236 e. The van der Waals surface area contributed by atoms with Crippen molar-refractivity contribution in [3.05, 3.63) is 33.9 Å². The highest BCUT2D eigenvalue weighted by Crippen LogP contribution is 2.23. The molecule has 1 aliphatic rings. The van der Waals surface area contributed by atoms with Crippen LogP contribution in [-0.4, -0.2) is 31.1 Å². The molecule has 0 radical (unpaired) electrons. The van der Waals surface area contributed by atoms with Crippen molar-refractivity contribution in [2.75, 3.05) is 20.1 Å². The second-order valence-electron chi connectivity index (χ2n) is 6.21. The van der Waals surface area contributed by atoms with Gasteiger partial charge in [-0.3, -0.25) is 0 Å². The predicted molar refractivity (Wildman–Crippen MR) is 82.7 cm³/mol. The minimum Gasteiger partial charge on any atom is -0.313 e. The highest BCUT2D eigenvalue weighted by atomic mass is 15.1. The fourth-order valence-electron chi connectivity index (χ4n) is 2.63. The molecule has 1 fully saturated rings. The summed E-state index contributed by atoms with van der Waals surface area (Å²) >= 11 is 0. The zero-order valence-electron chi connectivity index (χ0n) is 13.1. The Morgan fingerprint density at radius 2 is 1.68 bits per heavy atom. The lowest BCUT2D eigenvalue weighted by Crippen LogP contribution is -2.30. The van der Waals surface area contributed by atoms with Crippen molar-refractivity contribution < 1.29 is 0 Å². The van der Waals surface area contributed by atoms with E-state index in [0.29, 0.717) is 0 Å². The maximum atomic E-state index is 3.58. The van der Waals surface area contributed by atoms with Gasteiger partial charge in [-0.2, -0.15) is 0 Å². The van der Waals surface area contributed by atoms with E-state index in [1.165, 1.54) is 40.7 Å². The van der Waals surface area contributed by atoms with E-state index in [1.54, 1.807) is 0 Å². The highest BCUT2D eigenvalue weighted by Gasteiger charge is 2.20. The van der Waals surface area contributed by atoms with Gasteiger partial charge in [0.25, 0.3) is 0 Å². The van der Waals surface area contributed by atoms with Crippen LogP contribution in [0, 0.1) is 27.7 Å². The summed E-state index contributed by atoms with van der Waals surface area (Å²) in [6.45, 7) is 12.3. The molecule has 0 bridgehead atoms. The first-order chi connectivity index (χ1) is 8.99. The maximum Gasteiger partial charge on any atom is 0.0236 e. The minimum absolute atomic E-state index is 0.818. The molecule has 0 aliphatic heterocycles. The van der Waals surface area contributed by atoms with Crippen LogP contribution in [0.4, 0.5) is 0 Å². The molecule has 0 atom stereocenters. The Labute approximate surface area is 118 Å². The van der Waals surface area contributed by atoms with Crippen LogP contribution in [0.15, 0.2) is 6.07 Å². The van der Waals surface area contributed by atoms with Crippen LogP contribution in [0.1, 0.15) is 40.7 Å². The topological polar surface area (TPSA) is 15.3 Å². The molecule has 1 aliphatic carbocycles. The second-order valence-corrected chi connectivity index (χ2v) is 6.21. The van der Waals surface area contributed by atoms with E-state index >= 15 is 0 Å². The first-order valence-electron chi connectivity index (χ1n) is 7.47. The van der Waals surface area contributed by atoms with Gasteiger partial charge in [0.1, 0.15) is 0 Å². The third-order valence-electron chi connectivity index (χ3n) is 4.45. The predicted octanol–water partition coefficient (Wildman–Crippen LogP) is 3.10. The van der Waals surface area contributed by atoms with Crippen LogP contribution in [0.5, 0.6) is 0 Å². The second kappa shape index (κ2) is 6.06. The first kappa shape index (κ1) is 14.5. The molecule has 19 heavy (non-hydrogen) atoms. The molecule has 106 valence electrons. The van der Waals surface area contributed by atoms with E-state index in [0.717, 1.165) is 25.7 Å². The minimum atomic E-state index is 0.818. The lowest BCUT2D eigenvalue weighted by atomic mass is 9.94. The van der Waals surface area contributed by atoms with Gasteiger partial charge in [0.2, 0.25) is 0 Å². The third kappa shape index (κ3) is 3.80. The van der Waals surface area contributed by atoms with Crippen molar-refractivity contribution in [1.29, 1.82) is 0 Å². The van der Waals surface area contributed by atoms with Gasteiger partial charge >= 0.3 is 0 Å². The lowest BCUT2D eigenvalue weighted by Gasteiger charge is -2.22. The first-order valence-corrected chi connectivity index (χ1v) is 7.47. The Balaban J connectivity index is 1.96. The standard InChI is InChI=1S/C17H28N2/c1-12-10-13(2)15(4)17(14(12)3)11-19(5)9-8-18-16-6-7-16/h10,16,18H,6-9,11H2,1-5H3. The van der Waals surface area contributed by atoms with Crippen LogP contribution < -0.4 is 5.32 Å². The van der Waals surface area contributed by atoms with Crippen LogP contribution >= 0.6 is 0 Å². The third-order valence-corrected chi connectivity index (χ3v) is 4.45. The summed E-state index contributed by atoms with van der Waals surface area (Å²) in [5.41, 5.74) is 7.28. The van der Waals surface area contributed by atoms with E-state index in [-0.39, 0.29) is 0 Å². The largest absolute Gasteiger partial charge is 0.313 e. The molecule has 2 nitrogen and oxygen atoms in total. The lowest BCUT2D eigenvalue weighted by molar-refractivity contribution is 0.322. The summed E-state index contributed by atoms with van der Waals surface area (Å²) in [6.07, 6.45) is 2.75. The number of hydrogen-bond donors (Lipinski definition) is 1. The van der Waals surface area contributed by atoms with E-state index in [1.807, 2.05) is 0 Å². The van der Waals surface area contributed by atoms with Crippen LogP contribution in [0.25, 0.3) is 0 Å². The van der Waals surface area contributed by atoms with Crippen molar-refractivity contribution in [2.45, 2.75) is 53.1 Å². The summed E-state index contributed by atoms with van der Waals surface area (Å²) in [6, 6.07) is 3.13. The van der Waals surface area contributed by atoms with Crippen molar-refractivity contribution in [3.63, 3.8) is 0 Å². The molecule has 0 unspecified atom stereocenters. The number of nitrogens with zero attached hydrogens (tertiary/aromatic N) is 1. The highest BCUT2D eigenvalue weighted by molar-refractivity contribution is 5.43. The van der Waals surface area contributed by atoms with Crippen molar-refractivity contribution in [1.82, 2.24) is 10.2 Å². The number of likely N-dealkylation sites (N-methyl/N-ethyl adjacent to an activating group) is 1. The Morgan fingerprint density at radius 1 is 1.11 bits per heavy atom. The van der Waals surface area contributed by atoms with Crippen molar-refractivity contribution in [2.24, 2.45) is 0 Å². The molecule has 0 spiro atoms. The molecular weight excluding hydrogens is 232 g/mol.